The fourth-order valence-electron chi connectivity index (χ4n) is 1.60. The molecular formula is C12H9N5O. The molecule has 0 aliphatic heterocycles. The summed E-state index contributed by atoms with van der Waals surface area (Å²) >= 11 is 0. The van der Waals surface area contributed by atoms with Gasteiger partial charge in [-0.05, 0) is 18.2 Å². The Morgan fingerprint density at radius 2 is 2.11 bits per heavy atom. The van der Waals surface area contributed by atoms with Crippen LogP contribution in [0.3, 0.4) is 0 Å². The maximum absolute atomic E-state index is 11.2. The molecule has 3 aromatic heterocycles. The van der Waals surface area contributed by atoms with E-state index in [9.17, 15) is 5.21 Å². The van der Waals surface area contributed by atoms with Crippen LogP contribution >= 0.6 is 0 Å². The standard InChI is InChI=1S/C12H9N5O/c18-17-7-3-4-9(8-17)11-14-12(16-15-11)10-5-1-2-6-13-10/h1-8H,(H,14,15,16). The fourth-order valence-corrected chi connectivity index (χ4v) is 1.60. The van der Waals surface area contributed by atoms with Crippen LogP contribution in [-0.2, 0) is 0 Å². The molecule has 18 heavy (non-hydrogen) atoms. The van der Waals surface area contributed by atoms with Crippen LogP contribution in [-0.4, -0.2) is 20.2 Å². The third-order valence-electron chi connectivity index (χ3n) is 2.43. The zero-order valence-corrected chi connectivity index (χ0v) is 9.32. The number of H-pyrrole nitrogens is 1. The molecule has 1 N–H and O–H groups in total. The van der Waals surface area contributed by atoms with E-state index < -0.39 is 0 Å². The molecule has 0 radical (unpaired) electrons. The summed E-state index contributed by atoms with van der Waals surface area (Å²) in [6.45, 7) is 0. The molecule has 6 heteroatoms. The largest absolute Gasteiger partial charge is 0.619 e. The van der Waals surface area contributed by atoms with Crippen molar-refractivity contribution in [2.75, 3.05) is 0 Å². The first-order valence-electron chi connectivity index (χ1n) is 5.36. The monoisotopic (exact) mass is 239 g/mol. The highest BCUT2D eigenvalue weighted by molar-refractivity contribution is 5.57. The van der Waals surface area contributed by atoms with Crippen LogP contribution < -0.4 is 4.73 Å². The number of aromatic amines is 1. The van der Waals surface area contributed by atoms with Crippen LogP contribution in [0.1, 0.15) is 0 Å². The summed E-state index contributed by atoms with van der Waals surface area (Å²) in [5.41, 5.74) is 1.37. The van der Waals surface area contributed by atoms with E-state index in [2.05, 4.69) is 20.2 Å². The van der Waals surface area contributed by atoms with Crippen LogP contribution in [0, 0.1) is 5.21 Å². The van der Waals surface area contributed by atoms with E-state index >= 15 is 0 Å². The van der Waals surface area contributed by atoms with Crippen LogP contribution in [0.15, 0.2) is 48.9 Å². The molecule has 3 rings (SSSR count). The Balaban J connectivity index is 2.00. The summed E-state index contributed by atoms with van der Waals surface area (Å²) in [5, 5.41) is 18.1. The van der Waals surface area contributed by atoms with Gasteiger partial charge in [-0.2, -0.15) is 9.83 Å². The second-order valence-electron chi connectivity index (χ2n) is 3.68. The normalized spacial score (nSPS) is 10.4. The Morgan fingerprint density at radius 3 is 2.89 bits per heavy atom. The lowest BCUT2D eigenvalue weighted by Crippen LogP contribution is -2.24. The molecule has 0 fully saturated rings. The lowest BCUT2D eigenvalue weighted by Gasteiger charge is -1.96. The van der Waals surface area contributed by atoms with Gasteiger partial charge in [-0.15, -0.1) is 0 Å². The zero-order chi connectivity index (χ0) is 12.4. The molecular weight excluding hydrogens is 230 g/mol. The van der Waals surface area contributed by atoms with Gasteiger partial charge in [0.1, 0.15) is 5.69 Å². The van der Waals surface area contributed by atoms with Gasteiger partial charge in [-0.25, -0.2) is 4.98 Å². The minimum atomic E-state index is 0.473. The fraction of sp³-hybridized carbons (Fsp3) is 0. The van der Waals surface area contributed by atoms with Gasteiger partial charge in [-0.1, -0.05) is 6.07 Å². The van der Waals surface area contributed by atoms with Gasteiger partial charge in [0.15, 0.2) is 24.0 Å². The molecule has 0 aliphatic rings. The van der Waals surface area contributed by atoms with Gasteiger partial charge < -0.3 is 5.21 Å². The van der Waals surface area contributed by atoms with E-state index in [0.717, 1.165) is 0 Å². The number of hydrogen-bond acceptors (Lipinski definition) is 4. The maximum atomic E-state index is 11.2. The molecule has 0 saturated heterocycles. The van der Waals surface area contributed by atoms with Crippen molar-refractivity contribution in [3.05, 3.63) is 54.1 Å². The first-order valence-corrected chi connectivity index (χ1v) is 5.36. The highest BCUT2D eigenvalue weighted by atomic mass is 16.5. The molecule has 88 valence electrons. The van der Waals surface area contributed by atoms with Crippen LogP contribution in [0.2, 0.25) is 0 Å². The van der Waals surface area contributed by atoms with E-state index in [0.29, 0.717) is 27.6 Å². The topological polar surface area (TPSA) is 81.4 Å². The summed E-state index contributed by atoms with van der Waals surface area (Å²) in [6.07, 6.45) is 4.52. The number of nitrogens with one attached hydrogen (secondary N) is 1. The van der Waals surface area contributed by atoms with E-state index in [1.165, 1.54) is 12.4 Å². The van der Waals surface area contributed by atoms with Gasteiger partial charge in [0, 0.05) is 12.3 Å². The van der Waals surface area contributed by atoms with Gasteiger partial charge >= 0.3 is 0 Å². The minimum absolute atomic E-state index is 0.473. The van der Waals surface area contributed by atoms with Crippen molar-refractivity contribution in [2.45, 2.75) is 0 Å². The molecule has 3 heterocycles. The lowest BCUT2D eigenvalue weighted by atomic mass is 10.3. The lowest BCUT2D eigenvalue weighted by molar-refractivity contribution is -0.604. The van der Waals surface area contributed by atoms with Crippen molar-refractivity contribution in [3.63, 3.8) is 0 Å². The third-order valence-corrected chi connectivity index (χ3v) is 2.43. The minimum Gasteiger partial charge on any atom is -0.619 e. The molecule has 6 nitrogen and oxygen atoms in total. The summed E-state index contributed by atoms with van der Waals surface area (Å²) in [6, 6.07) is 8.97. The number of hydrogen-bond donors (Lipinski definition) is 1. The molecule has 0 spiro atoms. The first-order chi connectivity index (χ1) is 8.83. The molecule has 0 atom stereocenters. The van der Waals surface area contributed by atoms with Crippen LogP contribution in [0.5, 0.6) is 0 Å². The Hall–Kier alpha value is -2.76. The van der Waals surface area contributed by atoms with Crippen molar-refractivity contribution >= 4 is 0 Å². The van der Waals surface area contributed by atoms with Gasteiger partial charge in [0.05, 0.1) is 5.56 Å². The van der Waals surface area contributed by atoms with E-state index in [-0.39, 0.29) is 0 Å². The maximum Gasteiger partial charge on any atom is 0.191 e. The number of nitrogens with zero attached hydrogens (tertiary/aromatic N) is 4. The second-order valence-corrected chi connectivity index (χ2v) is 3.68. The molecule has 0 amide bonds. The molecule has 0 aromatic carbocycles. The highest BCUT2D eigenvalue weighted by Gasteiger charge is 2.10. The Bertz CT molecular complexity index is 665. The third kappa shape index (κ3) is 1.91. The van der Waals surface area contributed by atoms with Crippen molar-refractivity contribution in [2.24, 2.45) is 0 Å². The molecule has 3 aromatic rings. The first kappa shape index (κ1) is 10.4. The molecule has 0 saturated carbocycles. The van der Waals surface area contributed by atoms with E-state index in [4.69, 9.17) is 0 Å². The molecule has 0 unspecified atom stereocenters. The van der Waals surface area contributed by atoms with Crippen LogP contribution in [0.4, 0.5) is 0 Å². The van der Waals surface area contributed by atoms with Crippen molar-refractivity contribution < 1.29 is 4.73 Å². The van der Waals surface area contributed by atoms with Gasteiger partial charge in [-0.3, -0.25) is 10.1 Å². The van der Waals surface area contributed by atoms with Crippen molar-refractivity contribution in [1.82, 2.24) is 20.2 Å². The number of rotatable bonds is 2. The van der Waals surface area contributed by atoms with Crippen molar-refractivity contribution in [3.8, 4) is 22.9 Å². The van der Waals surface area contributed by atoms with E-state index in [1.54, 1.807) is 18.3 Å². The summed E-state index contributed by atoms with van der Waals surface area (Å²) in [5.74, 6) is 1.05. The predicted octanol–water partition coefficient (Wildman–Crippen LogP) is 1.17. The average molecular weight is 239 g/mol. The Morgan fingerprint density at radius 1 is 1.17 bits per heavy atom. The summed E-state index contributed by atoms with van der Waals surface area (Å²) < 4.78 is 0.714. The number of aromatic nitrogens is 5. The molecule has 0 aliphatic carbocycles. The van der Waals surface area contributed by atoms with Crippen LogP contribution in [0.25, 0.3) is 22.9 Å². The summed E-state index contributed by atoms with van der Waals surface area (Å²) in [7, 11) is 0. The molecule has 0 bridgehead atoms. The summed E-state index contributed by atoms with van der Waals surface area (Å²) in [4.78, 5) is 8.48. The second kappa shape index (κ2) is 4.25. The Labute approximate surface area is 103 Å². The highest BCUT2D eigenvalue weighted by Crippen LogP contribution is 2.16. The van der Waals surface area contributed by atoms with Crippen molar-refractivity contribution in [1.29, 1.82) is 0 Å². The SMILES string of the molecule is [O-][n+]1cccc(-c2n[nH]c(-c3ccccn3)n2)c1. The number of pyridine rings is 2. The smallest absolute Gasteiger partial charge is 0.191 e. The van der Waals surface area contributed by atoms with E-state index in [1.807, 2.05) is 18.2 Å². The predicted molar refractivity (Wildman–Crippen MR) is 64.0 cm³/mol. The van der Waals surface area contributed by atoms with Gasteiger partial charge in [0.2, 0.25) is 0 Å². The Kier molecular flexibility index (Phi) is 2.45. The quantitative estimate of drug-likeness (QED) is 0.537. The van der Waals surface area contributed by atoms with Gasteiger partial charge in [0.25, 0.3) is 0 Å². The zero-order valence-electron chi connectivity index (χ0n) is 9.32. The average Bonchev–Trinajstić information content (AvgIpc) is 2.89.